The first-order chi connectivity index (χ1) is 5.31. The van der Waals surface area contributed by atoms with Crippen molar-refractivity contribution in [2.24, 2.45) is 5.41 Å². The highest BCUT2D eigenvalue weighted by Crippen LogP contribution is 2.44. The molecule has 62 valence electrons. The molecule has 0 aromatic rings. The van der Waals surface area contributed by atoms with Crippen molar-refractivity contribution < 1.29 is 5.11 Å². The van der Waals surface area contributed by atoms with Gasteiger partial charge < -0.3 is 5.11 Å². The summed E-state index contributed by atoms with van der Waals surface area (Å²) in [5.74, 6) is 0. The van der Waals surface area contributed by atoms with Gasteiger partial charge in [0.15, 0.2) is 0 Å². The predicted octanol–water partition coefficient (Wildman–Crippen LogP) is 2.26. The van der Waals surface area contributed by atoms with Crippen molar-refractivity contribution in [2.45, 2.75) is 44.6 Å². The topological polar surface area (TPSA) is 20.2 Å². The number of hydrogen-bond donors (Lipinski definition) is 1. The van der Waals surface area contributed by atoms with E-state index in [1.807, 2.05) is 6.08 Å². The van der Waals surface area contributed by atoms with E-state index in [0.29, 0.717) is 5.41 Å². The monoisotopic (exact) mass is 152 g/mol. The van der Waals surface area contributed by atoms with Crippen molar-refractivity contribution in [3.05, 3.63) is 12.2 Å². The molecule has 2 aliphatic rings. The van der Waals surface area contributed by atoms with Gasteiger partial charge >= 0.3 is 0 Å². The van der Waals surface area contributed by atoms with Crippen molar-refractivity contribution >= 4 is 0 Å². The molecule has 0 saturated heterocycles. The Morgan fingerprint density at radius 3 is 2.45 bits per heavy atom. The lowest BCUT2D eigenvalue weighted by atomic mass is 9.74. The Balaban J connectivity index is 2.05. The Morgan fingerprint density at radius 2 is 1.91 bits per heavy atom. The van der Waals surface area contributed by atoms with Crippen LogP contribution in [0.5, 0.6) is 0 Å². The summed E-state index contributed by atoms with van der Waals surface area (Å²) in [4.78, 5) is 0. The van der Waals surface area contributed by atoms with Gasteiger partial charge in [-0.1, -0.05) is 31.4 Å². The highest BCUT2D eigenvalue weighted by molar-refractivity contribution is 5.11. The predicted molar refractivity (Wildman–Crippen MR) is 45.3 cm³/mol. The molecule has 1 unspecified atom stereocenters. The molecule has 1 heteroatoms. The Hall–Kier alpha value is -0.300. The Kier molecular flexibility index (Phi) is 1.76. The van der Waals surface area contributed by atoms with Crippen molar-refractivity contribution in [2.75, 3.05) is 0 Å². The van der Waals surface area contributed by atoms with Gasteiger partial charge in [0, 0.05) is 0 Å². The molecule has 0 aromatic heterocycles. The van der Waals surface area contributed by atoms with Gasteiger partial charge in [0.1, 0.15) is 0 Å². The van der Waals surface area contributed by atoms with Gasteiger partial charge in [0.2, 0.25) is 0 Å². The molecule has 1 fully saturated rings. The third kappa shape index (κ3) is 1.34. The van der Waals surface area contributed by atoms with Gasteiger partial charge in [-0.25, -0.2) is 0 Å². The molecule has 2 aliphatic carbocycles. The third-order valence-corrected chi connectivity index (χ3v) is 3.14. The largest absolute Gasteiger partial charge is 0.389 e. The molecule has 1 saturated carbocycles. The van der Waals surface area contributed by atoms with Crippen LogP contribution >= 0.6 is 0 Å². The third-order valence-electron chi connectivity index (χ3n) is 3.14. The van der Waals surface area contributed by atoms with Crippen LogP contribution < -0.4 is 0 Å². The average molecular weight is 152 g/mol. The minimum Gasteiger partial charge on any atom is -0.389 e. The zero-order valence-corrected chi connectivity index (χ0v) is 6.92. The van der Waals surface area contributed by atoms with E-state index in [2.05, 4.69) is 6.08 Å². The second-order valence-corrected chi connectivity index (χ2v) is 4.05. The molecule has 1 nitrogen and oxygen atoms in total. The maximum atomic E-state index is 9.36. The van der Waals surface area contributed by atoms with Crippen molar-refractivity contribution in [3.8, 4) is 0 Å². The van der Waals surface area contributed by atoms with E-state index in [9.17, 15) is 5.11 Å². The van der Waals surface area contributed by atoms with E-state index < -0.39 is 0 Å². The molecular weight excluding hydrogens is 136 g/mol. The lowest BCUT2D eigenvalue weighted by Gasteiger charge is -2.31. The van der Waals surface area contributed by atoms with E-state index in [4.69, 9.17) is 0 Å². The molecule has 1 atom stereocenters. The van der Waals surface area contributed by atoms with E-state index in [0.717, 1.165) is 6.42 Å². The summed E-state index contributed by atoms with van der Waals surface area (Å²) in [6.07, 6.45) is 11.8. The lowest BCUT2D eigenvalue weighted by molar-refractivity contribution is 0.152. The van der Waals surface area contributed by atoms with Crippen LogP contribution in [0, 0.1) is 5.41 Å². The zero-order valence-electron chi connectivity index (χ0n) is 6.92. The molecule has 0 amide bonds. The van der Waals surface area contributed by atoms with Gasteiger partial charge in [-0.05, 0) is 24.7 Å². The zero-order chi connectivity index (χ0) is 7.73. The van der Waals surface area contributed by atoms with Crippen molar-refractivity contribution in [1.29, 1.82) is 0 Å². The van der Waals surface area contributed by atoms with E-state index in [1.165, 1.54) is 32.1 Å². The lowest BCUT2D eigenvalue weighted by Crippen LogP contribution is -2.21. The van der Waals surface area contributed by atoms with Crippen LogP contribution in [0.1, 0.15) is 38.5 Å². The molecule has 0 bridgehead atoms. The minimum absolute atomic E-state index is 0.145. The Labute approximate surface area is 68.1 Å². The number of rotatable bonds is 0. The molecule has 0 aromatic carbocycles. The Bertz CT molecular complexity index is 166. The molecule has 0 radical (unpaired) electrons. The maximum Gasteiger partial charge on any atom is 0.0729 e. The molecule has 0 heterocycles. The summed E-state index contributed by atoms with van der Waals surface area (Å²) in [7, 11) is 0. The van der Waals surface area contributed by atoms with Gasteiger partial charge in [-0.15, -0.1) is 0 Å². The average Bonchev–Trinajstić information content (AvgIpc) is 2.34. The molecular formula is C10H16O. The van der Waals surface area contributed by atoms with E-state index in [-0.39, 0.29) is 6.10 Å². The van der Waals surface area contributed by atoms with Gasteiger partial charge in [0.25, 0.3) is 0 Å². The van der Waals surface area contributed by atoms with Gasteiger partial charge in [-0.2, -0.15) is 0 Å². The summed E-state index contributed by atoms with van der Waals surface area (Å²) in [6, 6.07) is 0. The minimum atomic E-state index is -0.145. The smallest absolute Gasteiger partial charge is 0.0729 e. The highest BCUT2D eigenvalue weighted by Gasteiger charge is 2.34. The van der Waals surface area contributed by atoms with Gasteiger partial charge in [0.05, 0.1) is 6.10 Å². The fourth-order valence-corrected chi connectivity index (χ4v) is 2.49. The van der Waals surface area contributed by atoms with Crippen LogP contribution in [0.15, 0.2) is 12.2 Å². The molecule has 0 aliphatic heterocycles. The first-order valence-electron chi connectivity index (χ1n) is 4.68. The van der Waals surface area contributed by atoms with Crippen LogP contribution in [-0.4, -0.2) is 11.2 Å². The summed E-state index contributed by atoms with van der Waals surface area (Å²) in [6.45, 7) is 0. The fraction of sp³-hybridized carbons (Fsp3) is 0.800. The normalized spacial score (nSPS) is 34.8. The SMILES string of the molecule is OC1C=CC2(CCCCC2)C1. The highest BCUT2D eigenvalue weighted by atomic mass is 16.3. The summed E-state index contributed by atoms with van der Waals surface area (Å²) < 4.78 is 0. The summed E-state index contributed by atoms with van der Waals surface area (Å²) in [5.41, 5.74) is 0.414. The number of allylic oxidation sites excluding steroid dienone is 1. The molecule has 1 spiro atoms. The number of aliphatic hydroxyl groups is 1. The van der Waals surface area contributed by atoms with Crippen LogP contribution in [0.25, 0.3) is 0 Å². The van der Waals surface area contributed by atoms with Crippen LogP contribution in [0.2, 0.25) is 0 Å². The van der Waals surface area contributed by atoms with Crippen molar-refractivity contribution in [3.63, 3.8) is 0 Å². The van der Waals surface area contributed by atoms with Crippen LogP contribution in [0.3, 0.4) is 0 Å². The number of aliphatic hydroxyl groups excluding tert-OH is 1. The summed E-state index contributed by atoms with van der Waals surface area (Å²) >= 11 is 0. The molecule has 1 N–H and O–H groups in total. The van der Waals surface area contributed by atoms with E-state index in [1.54, 1.807) is 0 Å². The Morgan fingerprint density at radius 1 is 1.18 bits per heavy atom. The van der Waals surface area contributed by atoms with Crippen LogP contribution in [0.4, 0.5) is 0 Å². The summed E-state index contributed by atoms with van der Waals surface area (Å²) in [5, 5.41) is 9.36. The quantitative estimate of drug-likeness (QED) is 0.528. The molecule has 11 heavy (non-hydrogen) atoms. The van der Waals surface area contributed by atoms with Gasteiger partial charge in [-0.3, -0.25) is 0 Å². The number of hydrogen-bond acceptors (Lipinski definition) is 1. The maximum absolute atomic E-state index is 9.36. The first-order valence-corrected chi connectivity index (χ1v) is 4.68. The molecule has 2 rings (SSSR count). The van der Waals surface area contributed by atoms with E-state index >= 15 is 0 Å². The van der Waals surface area contributed by atoms with Crippen molar-refractivity contribution in [1.82, 2.24) is 0 Å². The van der Waals surface area contributed by atoms with Crippen LogP contribution in [-0.2, 0) is 0 Å². The second-order valence-electron chi connectivity index (χ2n) is 4.05. The fourth-order valence-electron chi connectivity index (χ4n) is 2.49. The second kappa shape index (κ2) is 2.63. The standard InChI is InChI=1S/C10H16O/c11-9-4-7-10(8-9)5-2-1-3-6-10/h4,7,9,11H,1-3,5-6,8H2. The first kappa shape index (κ1) is 7.35.